The smallest absolute Gasteiger partial charge is 0.307 e. The van der Waals surface area contributed by atoms with Gasteiger partial charge in [0, 0.05) is 35.8 Å². The molecule has 1 heterocycles. The Morgan fingerprint density at radius 1 is 1.06 bits per heavy atom. The van der Waals surface area contributed by atoms with Gasteiger partial charge in [-0.05, 0) is 48.9 Å². The van der Waals surface area contributed by atoms with Crippen molar-refractivity contribution in [3.05, 3.63) is 72.0 Å². The third kappa shape index (κ3) is 4.10. The molecule has 0 fully saturated rings. The number of carbonyl (C=O) groups is 1. The molecule has 3 aromatic carbocycles. The molecule has 0 spiro atoms. The maximum Gasteiger partial charge on any atom is 0.307 e. The summed E-state index contributed by atoms with van der Waals surface area (Å²) in [6.45, 7) is 6.05. The van der Waals surface area contributed by atoms with Crippen LogP contribution in [-0.4, -0.2) is 32.3 Å². The Kier molecular flexibility index (Phi) is 5.89. The number of anilines is 1. The van der Waals surface area contributed by atoms with E-state index in [9.17, 15) is 4.79 Å². The van der Waals surface area contributed by atoms with Crippen molar-refractivity contribution in [1.82, 2.24) is 5.43 Å². The number of methoxy groups -OCH3 is 1. The molecule has 1 aromatic heterocycles. The molecular weight excluding hydrogens is 390 g/mol. The minimum absolute atomic E-state index is 0.215. The summed E-state index contributed by atoms with van der Waals surface area (Å²) in [5.41, 5.74) is 5.06. The molecular formula is C25H25N3O3. The zero-order chi connectivity index (χ0) is 21.8. The molecule has 0 atom stereocenters. The van der Waals surface area contributed by atoms with Gasteiger partial charge in [0.25, 0.3) is 0 Å². The van der Waals surface area contributed by atoms with E-state index in [1.54, 1.807) is 19.4 Å². The van der Waals surface area contributed by atoms with Crippen LogP contribution in [0.15, 0.2) is 70.2 Å². The zero-order valence-electron chi connectivity index (χ0n) is 17.9. The molecule has 0 bridgehead atoms. The Hall–Kier alpha value is -3.80. The lowest BCUT2D eigenvalue weighted by Crippen LogP contribution is -2.21. The van der Waals surface area contributed by atoms with E-state index >= 15 is 0 Å². The molecule has 158 valence electrons. The van der Waals surface area contributed by atoms with Gasteiger partial charge >= 0.3 is 5.91 Å². The van der Waals surface area contributed by atoms with Crippen molar-refractivity contribution in [1.29, 1.82) is 0 Å². The first-order valence-electron chi connectivity index (χ1n) is 10.3. The third-order valence-electron chi connectivity index (χ3n) is 5.37. The summed E-state index contributed by atoms with van der Waals surface area (Å²) in [5, 5.41) is 7.14. The average molecular weight is 415 g/mol. The van der Waals surface area contributed by atoms with E-state index in [0.29, 0.717) is 11.3 Å². The standard InChI is InChI=1S/C25H25N3O3/c1-4-28(5-2)19-12-10-18(23(14-19)30-3)16-26-27-25(29)24-15-21-20-9-7-6-8-17(20)11-13-22(21)31-24/h6-16H,4-5H2,1-3H3,(H,27,29)/b26-16+. The van der Waals surface area contributed by atoms with Crippen molar-refractivity contribution in [2.24, 2.45) is 5.10 Å². The fourth-order valence-corrected chi connectivity index (χ4v) is 3.71. The second-order valence-corrected chi connectivity index (χ2v) is 7.11. The molecule has 0 unspecified atom stereocenters. The van der Waals surface area contributed by atoms with E-state index in [1.165, 1.54) is 0 Å². The van der Waals surface area contributed by atoms with Crippen LogP contribution < -0.4 is 15.1 Å². The van der Waals surface area contributed by atoms with E-state index in [2.05, 4.69) is 29.3 Å². The predicted octanol–water partition coefficient (Wildman–Crippen LogP) is 5.20. The Morgan fingerprint density at radius 3 is 2.65 bits per heavy atom. The SMILES string of the molecule is CCN(CC)c1ccc(/C=N/NC(=O)c2cc3c(ccc4ccccc43)o2)c(OC)c1. The summed E-state index contributed by atoms with van der Waals surface area (Å²) in [5.74, 6) is 0.500. The molecule has 0 saturated heterocycles. The maximum absolute atomic E-state index is 12.6. The number of hydrogen-bond donors (Lipinski definition) is 1. The molecule has 0 radical (unpaired) electrons. The average Bonchev–Trinajstić information content (AvgIpc) is 3.25. The molecule has 0 aliphatic heterocycles. The van der Waals surface area contributed by atoms with E-state index in [-0.39, 0.29) is 5.76 Å². The molecule has 1 N–H and O–H groups in total. The van der Waals surface area contributed by atoms with E-state index in [4.69, 9.17) is 9.15 Å². The van der Waals surface area contributed by atoms with Crippen LogP contribution in [0.4, 0.5) is 5.69 Å². The number of nitrogens with zero attached hydrogens (tertiary/aromatic N) is 2. The number of fused-ring (bicyclic) bond motifs is 3. The normalized spacial score (nSPS) is 11.3. The Bertz CT molecular complexity index is 1260. The summed E-state index contributed by atoms with van der Waals surface area (Å²) in [6.07, 6.45) is 1.57. The number of furan rings is 1. The molecule has 0 aliphatic rings. The summed E-state index contributed by atoms with van der Waals surface area (Å²) < 4.78 is 11.2. The number of benzene rings is 3. The zero-order valence-corrected chi connectivity index (χ0v) is 17.9. The lowest BCUT2D eigenvalue weighted by molar-refractivity contribution is 0.0929. The van der Waals surface area contributed by atoms with Gasteiger partial charge < -0.3 is 14.1 Å². The number of nitrogens with one attached hydrogen (secondary N) is 1. The van der Waals surface area contributed by atoms with Gasteiger partial charge in [-0.1, -0.05) is 30.3 Å². The Morgan fingerprint density at radius 2 is 1.87 bits per heavy atom. The van der Waals surface area contributed by atoms with E-state index in [0.717, 1.165) is 40.5 Å². The second kappa shape index (κ2) is 8.92. The molecule has 1 amide bonds. The van der Waals surface area contributed by atoms with Gasteiger partial charge in [0.15, 0.2) is 5.76 Å². The number of rotatable bonds is 7. The van der Waals surface area contributed by atoms with Crippen LogP contribution in [0.1, 0.15) is 30.0 Å². The van der Waals surface area contributed by atoms with Gasteiger partial charge in [0.05, 0.1) is 13.3 Å². The molecule has 31 heavy (non-hydrogen) atoms. The van der Waals surface area contributed by atoms with Gasteiger partial charge in [-0.2, -0.15) is 5.10 Å². The van der Waals surface area contributed by atoms with Crippen molar-refractivity contribution < 1.29 is 13.9 Å². The fraction of sp³-hybridized carbons (Fsp3) is 0.200. The van der Waals surface area contributed by atoms with Crippen LogP contribution >= 0.6 is 0 Å². The summed E-state index contributed by atoms with van der Waals surface area (Å²) in [7, 11) is 1.62. The molecule has 4 aromatic rings. The molecule has 6 heteroatoms. The topological polar surface area (TPSA) is 67.1 Å². The first-order chi connectivity index (χ1) is 15.1. The van der Waals surface area contributed by atoms with Gasteiger partial charge in [-0.3, -0.25) is 4.79 Å². The maximum atomic E-state index is 12.6. The number of carbonyl (C=O) groups excluding carboxylic acids is 1. The highest BCUT2D eigenvalue weighted by molar-refractivity contribution is 6.08. The predicted molar refractivity (Wildman–Crippen MR) is 125 cm³/mol. The summed E-state index contributed by atoms with van der Waals surface area (Å²) in [6, 6.07) is 19.5. The van der Waals surface area contributed by atoms with Gasteiger partial charge in [0.2, 0.25) is 0 Å². The van der Waals surface area contributed by atoms with E-state index < -0.39 is 5.91 Å². The second-order valence-electron chi connectivity index (χ2n) is 7.11. The monoisotopic (exact) mass is 415 g/mol. The highest BCUT2D eigenvalue weighted by Gasteiger charge is 2.13. The van der Waals surface area contributed by atoms with Crippen LogP contribution in [0, 0.1) is 0 Å². The highest BCUT2D eigenvalue weighted by atomic mass is 16.5. The lowest BCUT2D eigenvalue weighted by Gasteiger charge is -2.21. The number of hydrogen-bond acceptors (Lipinski definition) is 5. The van der Waals surface area contributed by atoms with Crippen LogP contribution in [0.25, 0.3) is 21.7 Å². The largest absolute Gasteiger partial charge is 0.496 e. The Balaban J connectivity index is 1.52. The van der Waals surface area contributed by atoms with Gasteiger partial charge in [0.1, 0.15) is 11.3 Å². The molecule has 4 rings (SSSR count). The summed E-state index contributed by atoms with van der Waals surface area (Å²) >= 11 is 0. The minimum atomic E-state index is -0.407. The first-order valence-corrected chi connectivity index (χ1v) is 10.3. The van der Waals surface area contributed by atoms with Crippen molar-refractivity contribution >= 4 is 39.6 Å². The molecule has 0 saturated carbocycles. The number of hydrazone groups is 1. The summed E-state index contributed by atoms with van der Waals surface area (Å²) in [4.78, 5) is 14.8. The van der Waals surface area contributed by atoms with Crippen molar-refractivity contribution in [2.45, 2.75) is 13.8 Å². The fourth-order valence-electron chi connectivity index (χ4n) is 3.71. The van der Waals surface area contributed by atoms with Crippen LogP contribution in [0.5, 0.6) is 5.75 Å². The lowest BCUT2D eigenvalue weighted by atomic mass is 10.1. The first kappa shape index (κ1) is 20.5. The van der Waals surface area contributed by atoms with E-state index in [1.807, 2.05) is 54.6 Å². The highest BCUT2D eigenvalue weighted by Crippen LogP contribution is 2.28. The van der Waals surface area contributed by atoms with Crippen LogP contribution in [0.2, 0.25) is 0 Å². The minimum Gasteiger partial charge on any atom is -0.496 e. The molecule has 0 aliphatic carbocycles. The number of amides is 1. The van der Waals surface area contributed by atoms with Crippen molar-refractivity contribution in [2.75, 3.05) is 25.1 Å². The van der Waals surface area contributed by atoms with Crippen molar-refractivity contribution in [3.8, 4) is 5.75 Å². The van der Waals surface area contributed by atoms with Gasteiger partial charge in [-0.25, -0.2) is 5.43 Å². The third-order valence-corrected chi connectivity index (χ3v) is 5.37. The quantitative estimate of drug-likeness (QED) is 0.333. The van der Waals surface area contributed by atoms with Gasteiger partial charge in [-0.15, -0.1) is 0 Å². The Labute approximate surface area is 181 Å². The molecule has 6 nitrogen and oxygen atoms in total. The van der Waals surface area contributed by atoms with Crippen LogP contribution in [0.3, 0.4) is 0 Å². The van der Waals surface area contributed by atoms with Crippen LogP contribution in [-0.2, 0) is 0 Å². The van der Waals surface area contributed by atoms with Crippen molar-refractivity contribution in [3.63, 3.8) is 0 Å². The number of ether oxygens (including phenoxy) is 1.